The lowest BCUT2D eigenvalue weighted by Gasteiger charge is -2.41. The maximum atomic E-state index is 13.5. The molecule has 7 nitrogen and oxygen atoms in total. The molecule has 182 valence electrons. The van der Waals surface area contributed by atoms with E-state index in [0.29, 0.717) is 17.9 Å². The Morgan fingerprint density at radius 2 is 1.78 bits per heavy atom. The zero-order chi connectivity index (χ0) is 24.6. The first-order valence-corrected chi connectivity index (χ1v) is 12.2. The Hall–Kier alpha value is -3.97. The van der Waals surface area contributed by atoms with E-state index < -0.39 is 18.1 Å². The van der Waals surface area contributed by atoms with Crippen molar-refractivity contribution in [1.29, 1.82) is 0 Å². The summed E-state index contributed by atoms with van der Waals surface area (Å²) in [5, 5.41) is 1.01. The Labute approximate surface area is 212 Å². The Kier molecular flexibility index (Phi) is 5.77. The molecule has 1 amide bonds. The number of aromatic amines is 1. The van der Waals surface area contributed by atoms with Gasteiger partial charge in [-0.2, -0.15) is 0 Å². The molecule has 2 aliphatic heterocycles. The SMILES string of the molecule is O=C(OCc1ccccc1)[C@H]1Cc2c([nH]c3ccccc23)[C@@H](c2ccc3c(c2)OCO3)N1C(=O)CCl. The summed E-state index contributed by atoms with van der Waals surface area (Å²) in [6.07, 6.45) is 0.316. The molecule has 0 radical (unpaired) electrons. The smallest absolute Gasteiger partial charge is 0.329 e. The minimum atomic E-state index is -0.845. The maximum absolute atomic E-state index is 13.5. The van der Waals surface area contributed by atoms with Crippen molar-refractivity contribution < 1.29 is 23.8 Å². The van der Waals surface area contributed by atoms with Gasteiger partial charge in [-0.25, -0.2) is 4.79 Å². The number of hydrogen-bond acceptors (Lipinski definition) is 5. The first-order chi connectivity index (χ1) is 17.6. The number of para-hydroxylation sites is 1. The number of amides is 1. The van der Waals surface area contributed by atoms with E-state index >= 15 is 0 Å². The highest BCUT2D eigenvalue weighted by molar-refractivity contribution is 6.27. The predicted molar refractivity (Wildman–Crippen MR) is 134 cm³/mol. The van der Waals surface area contributed by atoms with Gasteiger partial charge in [0.05, 0.1) is 6.04 Å². The summed E-state index contributed by atoms with van der Waals surface area (Å²) in [7, 11) is 0. The number of esters is 1. The molecular weight excluding hydrogens is 480 g/mol. The molecule has 2 aliphatic rings. The zero-order valence-electron chi connectivity index (χ0n) is 19.3. The molecule has 3 aromatic carbocycles. The lowest BCUT2D eigenvalue weighted by atomic mass is 9.87. The van der Waals surface area contributed by atoms with Gasteiger partial charge in [0.1, 0.15) is 18.5 Å². The second-order valence-corrected chi connectivity index (χ2v) is 9.09. The normalized spacial score (nSPS) is 18.2. The van der Waals surface area contributed by atoms with Crippen LogP contribution in [0.25, 0.3) is 10.9 Å². The van der Waals surface area contributed by atoms with Gasteiger partial charge in [0.2, 0.25) is 12.7 Å². The number of nitrogens with one attached hydrogen (secondary N) is 1. The number of benzene rings is 3. The summed E-state index contributed by atoms with van der Waals surface area (Å²) >= 11 is 6.08. The quantitative estimate of drug-likeness (QED) is 0.315. The van der Waals surface area contributed by atoms with E-state index in [0.717, 1.165) is 33.3 Å². The van der Waals surface area contributed by atoms with Crippen molar-refractivity contribution in [3.05, 3.63) is 95.2 Å². The molecule has 8 heteroatoms. The Morgan fingerprint density at radius 3 is 2.61 bits per heavy atom. The van der Waals surface area contributed by atoms with Crippen LogP contribution in [0.3, 0.4) is 0 Å². The number of nitrogens with zero attached hydrogens (tertiary/aromatic N) is 1. The highest BCUT2D eigenvalue weighted by Gasteiger charge is 2.44. The van der Waals surface area contributed by atoms with Crippen molar-refractivity contribution in [2.24, 2.45) is 0 Å². The van der Waals surface area contributed by atoms with Crippen molar-refractivity contribution in [1.82, 2.24) is 9.88 Å². The number of carbonyl (C=O) groups is 2. The molecule has 0 saturated carbocycles. The van der Waals surface area contributed by atoms with Crippen molar-refractivity contribution in [2.75, 3.05) is 12.7 Å². The van der Waals surface area contributed by atoms with Crippen molar-refractivity contribution in [2.45, 2.75) is 25.1 Å². The van der Waals surface area contributed by atoms with E-state index in [1.165, 1.54) is 0 Å². The zero-order valence-corrected chi connectivity index (χ0v) is 20.0. The molecule has 2 atom stereocenters. The third kappa shape index (κ3) is 3.85. The number of rotatable bonds is 5. The van der Waals surface area contributed by atoms with Crippen molar-refractivity contribution >= 4 is 34.4 Å². The van der Waals surface area contributed by atoms with Crippen LogP contribution in [0.5, 0.6) is 11.5 Å². The molecule has 0 spiro atoms. The molecule has 0 unspecified atom stereocenters. The monoisotopic (exact) mass is 502 g/mol. The van der Waals surface area contributed by atoms with Crippen LogP contribution in [-0.4, -0.2) is 40.5 Å². The number of carbonyl (C=O) groups excluding carboxylic acids is 2. The van der Waals surface area contributed by atoms with Crippen LogP contribution in [0.15, 0.2) is 72.8 Å². The fourth-order valence-electron chi connectivity index (χ4n) is 5.10. The fourth-order valence-corrected chi connectivity index (χ4v) is 5.24. The Bertz CT molecular complexity index is 1450. The van der Waals surface area contributed by atoms with E-state index in [9.17, 15) is 9.59 Å². The van der Waals surface area contributed by atoms with Crippen LogP contribution in [0.1, 0.15) is 28.4 Å². The molecule has 6 rings (SSSR count). The second-order valence-electron chi connectivity index (χ2n) is 8.83. The van der Waals surface area contributed by atoms with Gasteiger partial charge in [0.25, 0.3) is 0 Å². The molecule has 36 heavy (non-hydrogen) atoms. The second kappa shape index (κ2) is 9.24. The largest absolute Gasteiger partial charge is 0.459 e. The van der Waals surface area contributed by atoms with E-state index in [1.807, 2.05) is 72.8 Å². The Balaban J connectivity index is 1.46. The van der Waals surface area contributed by atoms with Crippen LogP contribution >= 0.6 is 11.6 Å². The van der Waals surface area contributed by atoms with Gasteiger partial charge < -0.3 is 24.1 Å². The first kappa shape index (κ1) is 22.5. The lowest BCUT2D eigenvalue weighted by Crippen LogP contribution is -2.52. The summed E-state index contributed by atoms with van der Waals surface area (Å²) < 4.78 is 16.8. The van der Waals surface area contributed by atoms with Crippen LogP contribution in [-0.2, 0) is 27.4 Å². The highest BCUT2D eigenvalue weighted by atomic mass is 35.5. The average molecular weight is 503 g/mol. The van der Waals surface area contributed by atoms with Gasteiger partial charge in [0.15, 0.2) is 11.5 Å². The number of H-pyrrole nitrogens is 1. The molecule has 1 aromatic heterocycles. The van der Waals surface area contributed by atoms with Crippen LogP contribution in [0, 0.1) is 0 Å². The summed E-state index contributed by atoms with van der Waals surface area (Å²) in [6.45, 7) is 0.258. The highest BCUT2D eigenvalue weighted by Crippen LogP contribution is 2.44. The lowest BCUT2D eigenvalue weighted by molar-refractivity contribution is -0.157. The fraction of sp³-hybridized carbons (Fsp3) is 0.214. The summed E-state index contributed by atoms with van der Waals surface area (Å²) in [5.74, 6) is 0.140. The third-order valence-electron chi connectivity index (χ3n) is 6.74. The van der Waals surface area contributed by atoms with Crippen molar-refractivity contribution in [3.8, 4) is 11.5 Å². The summed E-state index contributed by atoms with van der Waals surface area (Å²) in [5.41, 5.74) is 4.42. The van der Waals surface area contributed by atoms with Gasteiger partial charge in [0, 0.05) is 23.0 Å². The number of ether oxygens (including phenoxy) is 3. The number of halogens is 1. The molecule has 0 bridgehead atoms. The molecule has 1 N–H and O–H groups in total. The van der Waals surface area contributed by atoms with Gasteiger partial charge >= 0.3 is 5.97 Å². The van der Waals surface area contributed by atoms with Gasteiger partial charge in [-0.15, -0.1) is 11.6 Å². The molecular formula is C28H23ClN2O5. The molecule has 0 saturated heterocycles. The van der Waals surface area contributed by atoms with Gasteiger partial charge in [-0.3, -0.25) is 4.79 Å². The van der Waals surface area contributed by atoms with Crippen LogP contribution in [0.4, 0.5) is 0 Å². The van der Waals surface area contributed by atoms with E-state index in [-0.39, 0.29) is 25.2 Å². The number of alkyl halides is 1. The molecule has 3 heterocycles. The standard InChI is InChI=1S/C28H23ClN2O5/c29-14-25(32)31-22(28(33)34-15-17-6-2-1-3-7-17)13-20-19-8-4-5-9-21(19)30-26(20)27(31)18-10-11-23-24(12-18)36-16-35-23/h1-12,22,27,30H,13-16H2/t22-,27-/m1/s1. The summed E-state index contributed by atoms with van der Waals surface area (Å²) in [6, 6.07) is 21.5. The minimum absolute atomic E-state index is 0.120. The predicted octanol–water partition coefficient (Wildman–Crippen LogP) is 4.72. The number of hydrogen-bond donors (Lipinski definition) is 1. The van der Waals surface area contributed by atoms with Crippen LogP contribution < -0.4 is 9.47 Å². The van der Waals surface area contributed by atoms with Gasteiger partial charge in [-0.1, -0.05) is 54.6 Å². The van der Waals surface area contributed by atoms with E-state index in [1.54, 1.807) is 4.90 Å². The van der Waals surface area contributed by atoms with Crippen LogP contribution in [0.2, 0.25) is 0 Å². The Morgan fingerprint density at radius 1 is 1.00 bits per heavy atom. The molecule has 4 aromatic rings. The minimum Gasteiger partial charge on any atom is -0.459 e. The number of fused-ring (bicyclic) bond motifs is 4. The maximum Gasteiger partial charge on any atom is 0.329 e. The summed E-state index contributed by atoms with van der Waals surface area (Å²) in [4.78, 5) is 31.9. The first-order valence-electron chi connectivity index (χ1n) is 11.7. The third-order valence-corrected chi connectivity index (χ3v) is 6.97. The van der Waals surface area contributed by atoms with E-state index in [2.05, 4.69) is 4.98 Å². The number of aromatic nitrogens is 1. The van der Waals surface area contributed by atoms with E-state index in [4.69, 9.17) is 25.8 Å². The van der Waals surface area contributed by atoms with Crippen molar-refractivity contribution in [3.63, 3.8) is 0 Å². The molecule has 0 fully saturated rings. The topological polar surface area (TPSA) is 80.9 Å². The van der Waals surface area contributed by atoms with Gasteiger partial charge in [-0.05, 0) is 34.9 Å². The average Bonchev–Trinajstić information content (AvgIpc) is 3.54. The molecule has 0 aliphatic carbocycles.